The van der Waals surface area contributed by atoms with Gasteiger partial charge < -0.3 is 9.84 Å². The average Bonchev–Trinajstić information content (AvgIpc) is 2.49. The van der Waals surface area contributed by atoms with Crippen molar-refractivity contribution in [3.8, 4) is 11.5 Å². The molecule has 110 valence electrons. The van der Waals surface area contributed by atoms with Crippen LogP contribution in [0.25, 0.3) is 0 Å². The lowest BCUT2D eigenvalue weighted by molar-refractivity contribution is -0.118. The molecule has 0 aliphatic rings. The summed E-state index contributed by atoms with van der Waals surface area (Å²) in [7, 11) is 1.63. The molecule has 0 heterocycles. The molecular formula is C18H20O3. The van der Waals surface area contributed by atoms with Crippen LogP contribution in [0.15, 0.2) is 42.5 Å². The lowest BCUT2D eigenvalue weighted by atomic mass is 10.0. The highest BCUT2D eigenvalue weighted by Gasteiger charge is 2.10. The van der Waals surface area contributed by atoms with Crippen LogP contribution < -0.4 is 4.74 Å². The Bertz CT molecular complexity index is 632. The second kappa shape index (κ2) is 6.93. The van der Waals surface area contributed by atoms with Gasteiger partial charge in [0, 0.05) is 18.4 Å². The Hall–Kier alpha value is -2.29. The first-order chi connectivity index (χ1) is 10.1. The summed E-state index contributed by atoms with van der Waals surface area (Å²) in [4.78, 5) is 12.1. The van der Waals surface area contributed by atoms with Crippen LogP contribution in [0.2, 0.25) is 0 Å². The van der Waals surface area contributed by atoms with Gasteiger partial charge in [-0.3, -0.25) is 4.79 Å². The molecule has 2 aromatic rings. The Labute approximate surface area is 125 Å². The Balaban J connectivity index is 1.97. The second-order valence-corrected chi connectivity index (χ2v) is 5.16. The van der Waals surface area contributed by atoms with E-state index in [1.54, 1.807) is 13.2 Å². The maximum absolute atomic E-state index is 12.1. The maximum Gasteiger partial charge on any atom is 0.137 e. The van der Waals surface area contributed by atoms with Crippen molar-refractivity contribution in [3.63, 3.8) is 0 Å². The fourth-order valence-electron chi connectivity index (χ4n) is 2.34. The predicted octanol–water partition coefficient (Wildman–Crippen LogP) is 3.45. The molecule has 0 saturated carbocycles. The zero-order valence-electron chi connectivity index (χ0n) is 12.4. The smallest absolute Gasteiger partial charge is 0.137 e. The van der Waals surface area contributed by atoms with Crippen LogP contribution >= 0.6 is 0 Å². The number of hydrogen-bond acceptors (Lipinski definition) is 3. The number of ketones is 1. The molecule has 0 fully saturated rings. The normalized spacial score (nSPS) is 10.4. The van der Waals surface area contributed by atoms with Crippen molar-refractivity contribution in [2.75, 3.05) is 7.11 Å². The average molecular weight is 284 g/mol. The molecule has 0 aromatic heterocycles. The SMILES string of the molecule is COc1ccccc1CCC(=O)Cc1cc(C)ccc1O. The number of benzene rings is 2. The number of phenolic OH excluding ortho intramolecular Hbond substituents is 1. The Kier molecular flexibility index (Phi) is 4.99. The highest BCUT2D eigenvalue weighted by atomic mass is 16.5. The van der Waals surface area contributed by atoms with Gasteiger partial charge in [-0.05, 0) is 31.0 Å². The summed E-state index contributed by atoms with van der Waals surface area (Å²) in [6, 6.07) is 13.0. The van der Waals surface area contributed by atoms with Gasteiger partial charge in [0.15, 0.2) is 0 Å². The third-order valence-corrected chi connectivity index (χ3v) is 3.49. The Morgan fingerprint density at radius 2 is 1.90 bits per heavy atom. The molecule has 1 N–H and O–H groups in total. The van der Waals surface area contributed by atoms with E-state index in [2.05, 4.69) is 0 Å². The molecule has 0 spiro atoms. The number of phenols is 1. The van der Waals surface area contributed by atoms with Gasteiger partial charge in [0.2, 0.25) is 0 Å². The standard InChI is InChI=1S/C18H20O3/c1-13-7-10-17(20)15(11-13)12-16(19)9-8-14-5-3-4-6-18(14)21-2/h3-7,10-11,20H,8-9,12H2,1-2H3. The number of carbonyl (C=O) groups is 1. The van der Waals surface area contributed by atoms with E-state index in [0.717, 1.165) is 16.9 Å². The number of ether oxygens (including phenoxy) is 1. The molecule has 0 amide bonds. The molecule has 2 rings (SSSR count). The Morgan fingerprint density at radius 3 is 2.67 bits per heavy atom. The minimum Gasteiger partial charge on any atom is -0.508 e. The first-order valence-electron chi connectivity index (χ1n) is 7.02. The number of Topliss-reactive ketones (excluding diaryl/α,β-unsaturated/α-hetero) is 1. The van der Waals surface area contributed by atoms with E-state index in [9.17, 15) is 9.90 Å². The van der Waals surface area contributed by atoms with E-state index in [1.807, 2.05) is 43.3 Å². The van der Waals surface area contributed by atoms with Crippen molar-refractivity contribution in [2.45, 2.75) is 26.2 Å². The molecule has 2 aromatic carbocycles. The summed E-state index contributed by atoms with van der Waals surface area (Å²) < 4.78 is 5.28. The minimum absolute atomic E-state index is 0.113. The van der Waals surface area contributed by atoms with Crippen molar-refractivity contribution >= 4 is 5.78 Å². The zero-order chi connectivity index (χ0) is 15.2. The minimum atomic E-state index is 0.113. The molecule has 3 heteroatoms. The van der Waals surface area contributed by atoms with Gasteiger partial charge in [-0.25, -0.2) is 0 Å². The predicted molar refractivity (Wildman–Crippen MR) is 82.9 cm³/mol. The molecule has 0 bridgehead atoms. The molecule has 0 saturated heterocycles. The van der Waals surface area contributed by atoms with Gasteiger partial charge in [0.1, 0.15) is 17.3 Å². The van der Waals surface area contributed by atoms with Crippen molar-refractivity contribution < 1.29 is 14.6 Å². The lowest BCUT2D eigenvalue weighted by Crippen LogP contribution is -2.05. The number of rotatable bonds is 6. The van der Waals surface area contributed by atoms with Crippen molar-refractivity contribution in [3.05, 3.63) is 59.2 Å². The second-order valence-electron chi connectivity index (χ2n) is 5.16. The summed E-state index contributed by atoms with van der Waals surface area (Å²) in [5.41, 5.74) is 2.77. The molecule has 0 aliphatic heterocycles. The van der Waals surface area contributed by atoms with Gasteiger partial charge in [0.05, 0.1) is 7.11 Å². The maximum atomic E-state index is 12.1. The highest BCUT2D eigenvalue weighted by Crippen LogP contribution is 2.21. The van der Waals surface area contributed by atoms with Gasteiger partial charge in [-0.1, -0.05) is 35.9 Å². The third-order valence-electron chi connectivity index (χ3n) is 3.49. The third kappa shape index (κ3) is 4.09. The van der Waals surface area contributed by atoms with Gasteiger partial charge >= 0.3 is 0 Å². The Morgan fingerprint density at radius 1 is 1.14 bits per heavy atom. The van der Waals surface area contributed by atoms with E-state index < -0.39 is 0 Å². The summed E-state index contributed by atoms with van der Waals surface area (Å²) >= 11 is 0. The van der Waals surface area contributed by atoms with Crippen LogP contribution in [0.4, 0.5) is 0 Å². The van der Waals surface area contributed by atoms with E-state index >= 15 is 0 Å². The van der Waals surface area contributed by atoms with Gasteiger partial charge in [-0.15, -0.1) is 0 Å². The molecule has 21 heavy (non-hydrogen) atoms. The molecule has 0 atom stereocenters. The van der Waals surface area contributed by atoms with Crippen LogP contribution in [0, 0.1) is 6.92 Å². The topological polar surface area (TPSA) is 46.5 Å². The quantitative estimate of drug-likeness (QED) is 0.883. The number of hydrogen-bond donors (Lipinski definition) is 1. The first kappa shape index (κ1) is 15.1. The van der Waals surface area contributed by atoms with Crippen LogP contribution in [0.1, 0.15) is 23.1 Å². The highest BCUT2D eigenvalue weighted by molar-refractivity contribution is 5.81. The lowest BCUT2D eigenvalue weighted by Gasteiger charge is -2.08. The number of carbonyl (C=O) groups excluding carboxylic acids is 1. The van der Waals surface area contributed by atoms with Crippen molar-refractivity contribution in [1.29, 1.82) is 0 Å². The van der Waals surface area contributed by atoms with E-state index in [1.165, 1.54) is 0 Å². The zero-order valence-corrected chi connectivity index (χ0v) is 12.4. The molecular weight excluding hydrogens is 264 g/mol. The van der Waals surface area contributed by atoms with Crippen molar-refractivity contribution in [2.24, 2.45) is 0 Å². The van der Waals surface area contributed by atoms with Gasteiger partial charge in [0.25, 0.3) is 0 Å². The first-order valence-corrected chi connectivity index (χ1v) is 7.02. The number of methoxy groups -OCH3 is 1. The number of aryl methyl sites for hydroxylation is 2. The summed E-state index contributed by atoms with van der Waals surface area (Å²) in [6.45, 7) is 1.95. The van der Waals surface area contributed by atoms with Crippen LogP contribution in [0.5, 0.6) is 11.5 Å². The fraction of sp³-hybridized carbons (Fsp3) is 0.278. The summed E-state index contributed by atoms with van der Waals surface area (Å²) in [5, 5.41) is 9.78. The van der Waals surface area contributed by atoms with Gasteiger partial charge in [-0.2, -0.15) is 0 Å². The fourth-order valence-corrected chi connectivity index (χ4v) is 2.34. The monoisotopic (exact) mass is 284 g/mol. The van der Waals surface area contributed by atoms with E-state index in [-0.39, 0.29) is 18.0 Å². The molecule has 0 unspecified atom stereocenters. The van der Waals surface area contributed by atoms with Crippen LogP contribution in [-0.4, -0.2) is 18.0 Å². The molecule has 3 nitrogen and oxygen atoms in total. The largest absolute Gasteiger partial charge is 0.508 e. The van der Waals surface area contributed by atoms with E-state index in [4.69, 9.17) is 4.74 Å². The summed E-state index contributed by atoms with van der Waals surface area (Å²) in [5.74, 6) is 1.11. The van der Waals surface area contributed by atoms with Crippen LogP contribution in [0.3, 0.4) is 0 Å². The number of para-hydroxylation sites is 1. The number of aromatic hydroxyl groups is 1. The molecule has 0 aliphatic carbocycles. The summed E-state index contributed by atoms with van der Waals surface area (Å²) in [6.07, 6.45) is 1.35. The van der Waals surface area contributed by atoms with Crippen molar-refractivity contribution in [1.82, 2.24) is 0 Å². The van der Waals surface area contributed by atoms with E-state index in [0.29, 0.717) is 18.4 Å². The molecule has 0 radical (unpaired) electrons. The van der Waals surface area contributed by atoms with Crippen LogP contribution in [-0.2, 0) is 17.6 Å².